The number of amides is 2. The zero-order chi connectivity index (χ0) is 23.8. The van der Waals surface area contributed by atoms with E-state index in [1.54, 1.807) is 42.5 Å². The molecule has 0 saturated carbocycles. The third-order valence-electron chi connectivity index (χ3n) is 4.78. The molecular formula is C26H20ClN3O4. The van der Waals surface area contributed by atoms with Gasteiger partial charge in [0, 0.05) is 10.6 Å². The second-order valence-corrected chi connectivity index (χ2v) is 7.53. The number of nitrogens with zero attached hydrogens (tertiary/aromatic N) is 1. The van der Waals surface area contributed by atoms with Gasteiger partial charge in [-0.05, 0) is 60.2 Å². The molecule has 0 fully saturated rings. The Morgan fingerprint density at radius 1 is 0.912 bits per heavy atom. The van der Waals surface area contributed by atoms with Crippen LogP contribution in [-0.2, 0) is 6.61 Å². The zero-order valence-electron chi connectivity index (χ0n) is 17.9. The molecule has 1 heterocycles. The molecule has 170 valence electrons. The van der Waals surface area contributed by atoms with Crippen LogP contribution < -0.4 is 15.5 Å². The largest absolute Gasteiger partial charge is 0.489 e. The van der Waals surface area contributed by atoms with Crippen molar-refractivity contribution >= 4 is 35.3 Å². The van der Waals surface area contributed by atoms with Crippen molar-refractivity contribution in [2.75, 3.05) is 5.32 Å². The molecule has 34 heavy (non-hydrogen) atoms. The SMILES string of the molecule is O=C(Nc1ccccc1C(=O)N/N=C\c1ccc(OCc2ccccc2Cl)cc1)c1ccco1. The average molecular weight is 474 g/mol. The van der Waals surface area contributed by atoms with Crippen LogP contribution in [0.4, 0.5) is 5.69 Å². The van der Waals surface area contributed by atoms with Crippen molar-refractivity contribution in [3.63, 3.8) is 0 Å². The summed E-state index contributed by atoms with van der Waals surface area (Å²) in [7, 11) is 0. The van der Waals surface area contributed by atoms with Crippen molar-refractivity contribution < 1.29 is 18.7 Å². The lowest BCUT2D eigenvalue weighted by molar-refractivity contribution is 0.0956. The monoisotopic (exact) mass is 473 g/mol. The predicted octanol–water partition coefficient (Wildman–Crippen LogP) is 5.53. The van der Waals surface area contributed by atoms with E-state index in [1.165, 1.54) is 18.5 Å². The molecule has 0 spiro atoms. The maximum atomic E-state index is 12.6. The lowest BCUT2D eigenvalue weighted by atomic mass is 10.1. The number of anilines is 1. The van der Waals surface area contributed by atoms with Crippen LogP contribution in [0.3, 0.4) is 0 Å². The normalized spacial score (nSPS) is 10.7. The third-order valence-corrected chi connectivity index (χ3v) is 5.15. The first-order valence-corrected chi connectivity index (χ1v) is 10.7. The lowest BCUT2D eigenvalue weighted by Crippen LogP contribution is -2.21. The van der Waals surface area contributed by atoms with E-state index in [1.807, 2.05) is 36.4 Å². The van der Waals surface area contributed by atoms with Crippen LogP contribution in [0.1, 0.15) is 32.0 Å². The van der Waals surface area contributed by atoms with Gasteiger partial charge in [-0.3, -0.25) is 9.59 Å². The maximum absolute atomic E-state index is 12.6. The highest BCUT2D eigenvalue weighted by atomic mass is 35.5. The van der Waals surface area contributed by atoms with E-state index in [0.717, 1.165) is 11.1 Å². The van der Waals surface area contributed by atoms with E-state index in [-0.39, 0.29) is 11.3 Å². The zero-order valence-corrected chi connectivity index (χ0v) is 18.7. The molecule has 1 aromatic heterocycles. The summed E-state index contributed by atoms with van der Waals surface area (Å²) in [6.45, 7) is 0.360. The number of hydrogen-bond donors (Lipinski definition) is 2. The Kier molecular flexibility index (Phi) is 7.37. The van der Waals surface area contributed by atoms with Gasteiger partial charge in [0.15, 0.2) is 5.76 Å². The summed E-state index contributed by atoms with van der Waals surface area (Å²) in [5.41, 5.74) is 4.75. The van der Waals surface area contributed by atoms with E-state index in [2.05, 4.69) is 15.8 Å². The van der Waals surface area contributed by atoms with Crippen molar-refractivity contribution in [2.24, 2.45) is 5.10 Å². The molecule has 2 N–H and O–H groups in total. The number of carbonyl (C=O) groups is 2. The molecule has 0 aliphatic rings. The minimum Gasteiger partial charge on any atom is -0.489 e. The van der Waals surface area contributed by atoms with Gasteiger partial charge in [-0.2, -0.15) is 5.10 Å². The Hall–Kier alpha value is -4.36. The minimum absolute atomic E-state index is 0.146. The summed E-state index contributed by atoms with van der Waals surface area (Å²) in [6.07, 6.45) is 2.92. The van der Waals surface area contributed by atoms with Crippen molar-refractivity contribution in [3.8, 4) is 5.75 Å². The first-order chi connectivity index (χ1) is 16.6. The summed E-state index contributed by atoms with van der Waals surface area (Å²) in [4.78, 5) is 24.8. The van der Waals surface area contributed by atoms with E-state index in [9.17, 15) is 9.59 Å². The minimum atomic E-state index is -0.466. The second-order valence-electron chi connectivity index (χ2n) is 7.13. The quantitative estimate of drug-likeness (QED) is 0.260. The van der Waals surface area contributed by atoms with Gasteiger partial charge in [0.25, 0.3) is 11.8 Å². The van der Waals surface area contributed by atoms with Gasteiger partial charge in [-0.1, -0.05) is 41.9 Å². The molecule has 8 heteroatoms. The molecule has 4 rings (SSSR count). The van der Waals surface area contributed by atoms with Gasteiger partial charge in [-0.25, -0.2) is 5.43 Å². The van der Waals surface area contributed by atoms with Gasteiger partial charge in [-0.15, -0.1) is 0 Å². The Bertz CT molecular complexity index is 1300. The summed E-state index contributed by atoms with van der Waals surface area (Å²) in [6, 6.07) is 24.5. The summed E-state index contributed by atoms with van der Waals surface area (Å²) >= 11 is 6.14. The van der Waals surface area contributed by atoms with Crippen molar-refractivity contribution in [1.82, 2.24) is 5.43 Å². The Labute approximate surface area is 201 Å². The standard InChI is InChI=1S/C26H20ClN3O4/c27-22-8-3-1-6-19(22)17-34-20-13-11-18(12-14-20)16-28-30-25(31)21-7-2-4-9-23(21)29-26(32)24-10-5-15-33-24/h1-16H,17H2,(H,29,32)(H,30,31)/b28-16-. The smallest absolute Gasteiger partial charge is 0.291 e. The van der Waals surface area contributed by atoms with Gasteiger partial charge >= 0.3 is 0 Å². The molecule has 4 aromatic rings. The van der Waals surface area contributed by atoms with Gasteiger partial charge in [0.2, 0.25) is 0 Å². The number of hydrogen-bond acceptors (Lipinski definition) is 5. The first-order valence-electron chi connectivity index (χ1n) is 10.3. The van der Waals surface area contributed by atoms with Crippen molar-refractivity contribution in [2.45, 2.75) is 6.61 Å². The second kappa shape index (κ2) is 11.0. The number of nitrogens with one attached hydrogen (secondary N) is 2. The van der Waals surface area contributed by atoms with E-state index < -0.39 is 11.8 Å². The van der Waals surface area contributed by atoms with Crippen LogP contribution in [0.2, 0.25) is 5.02 Å². The lowest BCUT2D eigenvalue weighted by Gasteiger charge is -2.09. The number of carbonyl (C=O) groups excluding carboxylic acids is 2. The molecular weight excluding hydrogens is 454 g/mol. The van der Waals surface area contributed by atoms with Crippen molar-refractivity contribution in [3.05, 3.63) is 119 Å². The van der Waals surface area contributed by atoms with Crippen LogP contribution in [0, 0.1) is 0 Å². The number of ether oxygens (including phenoxy) is 1. The topological polar surface area (TPSA) is 92.9 Å². The molecule has 2 amide bonds. The fourth-order valence-electron chi connectivity index (χ4n) is 3.03. The van der Waals surface area contributed by atoms with E-state index >= 15 is 0 Å². The molecule has 0 bridgehead atoms. The van der Waals surface area contributed by atoms with Gasteiger partial charge in [0.05, 0.1) is 23.7 Å². The number of benzene rings is 3. The van der Waals surface area contributed by atoms with Gasteiger partial charge in [0.1, 0.15) is 12.4 Å². The number of rotatable bonds is 8. The number of furan rings is 1. The number of hydrazone groups is 1. The van der Waals surface area contributed by atoms with Crippen LogP contribution in [0.5, 0.6) is 5.75 Å². The van der Waals surface area contributed by atoms with Crippen LogP contribution in [-0.4, -0.2) is 18.0 Å². The van der Waals surface area contributed by atoms with Crippen LogP contribution in [0.25, 0.3) is 0 Å². The summed E-state index contributed by atoms with van der Waals surface area (Å²) in [5.74, 6) is -0.0910. The Morgan fingerprint density at radius 2 is 1.68 bits per heavy atom. The Balaban J connectivity index is 1.33. The highest BCUT2D eigenvalue weighted by molar-refractivity contribution is 6.31. The molecule has 0 unspecified atom stereocenters. The highest BCUT2D eigenvalue weighted by Gasteiger charge is 2.15. The first kappa shape index (κ1) is 22.8. The fourth-order valence-corrected chi connectivity index (χ4v) is 3.22. The third kappa shape index (κ3) is 5.90. The van der Waals surface area contributed by atoms with E-state index in [4.69, 9.17) is 20.8 Å². The summed E-state index contributed by atoms with van der Waals surface area (Å²) in [5, 5.41) is 7.33. The average Bonchev–Trinajstić information content (AvgIpc) is 3.40. The highest BCUT2D eigenvalue weighted by Crippen LogP contribution is 2.19. The predicted molar refractivity (Wildman–Crippen MR) is 130 cm³/mol. The maximum Gasteiger partial charge on any atom is 0.291 e. The van der Waals surface area contributed by atoms with Crippen LogP contribution in [0.15, 0.2) is 101 Å². The molecule has 0 radical (unpaired) electrons. The molecule has 0 atom stereocenters. The van der Waals surface area contributed by atoms with Crippen molar-refractivity contribution in [1.29, 1.82) is 0 Å². The molecule has 0 aliphatic carbocycles. The molecule has 7 nitrogen and oxygen atoms in total. The summed E-state index contributed by atoms with van der Waals surface area (Å²) < 4.78 is 10.8. The molecule has 3 aromatic carbocycles. The number of halogens is 1. The van der Waals surface area contributed by atoms with E-state index in [0.29, 0.717) is 23.1 Å². The molecule has 0 aliphatic heterocycles. The van der Waals surface area contributed by atoms with Crippen LogP contribution >= 0.6 is 11.6 Å². The Morgan fingerprint density at radius 3 is 2.44 bits per heavy atom. The molecule has 0 saturated heterocycles. The fraction of sp³-hybridized carbons (Fsp3) is 0.0385. The van der Waals surface area contributed by atoms with Gasteiger partial charge < -0.3 is 14.5 Å². The number of para-hydroxylation sites is 1.